The van der Waals surface area contributed by atoms with Gasteiger partial charge in [-0.05, 0) is 12.0 Å². The van der Waals surface area contributed by atoms with E-state index in [1.165, 1.54) is 5.56 Å². The molecule has 1 aromatic rings. The van der Waals surface area contributed by atoms with Crippen molar-refractivity contribution in [2.75, 3.05) is 19.8 Å². The summed E-state index contributed by atoms with van der Waals surface area (Å²) in [6.07, 6.45) is 2.06. The van der Waals surface area contributed by atoms with Crippen molar-refractivity contribution in [2.45, 2.75) is 25.3 Å². The first-order valence-corrected chi connectivity index (χ1v) is 6.21. The molecule has 0 radical (unpaired) electrons. The van der Waals surface area contributed by atoms with E-state index in [0.717, 1.165) is 19.6 Å². The Labute approximate surface area is 102 Å². The molecular formula is C14H19NO2. The molecule has 1 unspecified atom stereocenters. The minimum absolute atomic E-state index is 0.215. The van der Waals surface area contributed by atoms with Gasteiger partial charge in [-0.25, -0.2) is 0 Å². The highest BCUT2D eigenvalue weighted by Crippen LogP contribution is 2.06. The van der Waals surface area contributed by atoms with E-state index in [4.69, 9.17) is 4.74 Å². The zero-order valence-electron chi connectivity index (χ0n) is 10.0. The molecular weight excluding hydrogens is 214 g/mol. The number of rotatable bonds is 5. The first-order valence-electron chi connectivity index (χ1n) is 6.21. The van der Waals surface area contributed by atoms with Crippen molar-refractivity contribution < 1.29 is 9.53 Å². The zero-order valence-corrected chi connectivity index (χ0v) is 10.0. The first kappa shape index (κ1) is 12.3. The number of benzene rings is 1. The Morgan fingerprint density at radius 3 is 2.88 bits per heavy atom. The third-order valence-electron chi connectivity index (χ3n) is 3.01. The molecule has 1 fully saturated rings. The summed E-state index contributed by atoms with van der Waals surface area (Å²) in [5.41, 5.74) is 1.23. The molecule has 0 amide bonds. The van der Waals surface area contributed by atoms with Gasteiger partial charge in [-0.15, -0.1) is 0 Å². The molecule has 0 bridgehead atoms. The quantitative estimate of drug-likeness (QED) is 0.839. The summed E-state index contributed by atoms with van der Waals surface area (Å²) in [6.45, 7) is 2.28. The third-order valence-corrected chi connectivity index (χ3v) is 3.01. The standard InChI is InChI=1S/C14H19NO2/c16-14(10-13-11-17-9-8-15-13)7-6-12-4-2-1-3-5-12/h1-5,13,15H,6-11H2. The van der Waals surface area contributed by atoms with Crippen LogP contribution in [-0.4, -0.2) is 31.6 Å². The molecule has 1 aromatic carbocycles. The minimum atomic E-state index is 0.215. The van der Waals surface area contributed by atoms with Crippen molar-refractivity contribution in [3.8, 4) is 0 Å². The number of hydrogen-bond acceptors (Lipinski definition) is 3. The number of morpholine rings is 1. The summed E-state index contributed by atoms with van der Waals surface area (Å²) in [4.78, 5) is 11.8. The molecule has 0 aliphatic carbocycles. The molecule has 3 heteroatoms. The molecule has 2 rings (SSSR count). The van der Waals surface area contributed by atoms with E-state index in [1.807, 2.05) is 18.2 Å². The molecule has 1 aliphatic heterocycles. The summed E-state index contributed by atoms with van der Waals surface area (Å²) >= 11 is 0. The van der Waals surface area contributed by atoms with Crippen LogP contribution in [0.5, 0.6) is 0 Å². The van der Waals surface area contributed by atoms with E-state index in [0.29, 0.717) is 25.2 Å². The lowest BCUT2D eigenvalue weighted by molar-refractivity contribution is -0.120. The highest BCUT2D eigenvalue weighted by molar-refractivity contribution is 5.79. The third kappa shape index (κ3) is 4.29. The van der Waals surface area contributed by atoms with Crippen LogP contribution in [0.4, 0.5) is 0 Å². The van der Waals surface area contributed by atoms with Gasteiger partial charge in [0.25, 0.3) is 0 Å². The molecule has 0 saturated carbocycles. The maximum atomic E-state index is 11.8. The molecule has 1 N–H and O–H groups in total. The zero-order chi connectivity index (χ0) is 11.9. The normalized spacial score (nSPS) is 20.1. The Bertz CT molecular complexity index is 344. The maximum absolute atomic E-state index is 11.8. The Balaban J connectivity index is 1.70. The van der Waals surface area contributed by atoms with Crippen LogP contribution in [0, 0.1) is 0 Å². The monoisotopic (exact) mass is 233 g/mol. The lowest BCUT2D eigenvalue weighted by Gasteiger charge is -2.23. The largest absolute Gasteiger partial charge is 0.379 e. The smallest absolute Gasteiger partial charge is 0.134 e. The molecule has 1 heterocycles. The molecule has 92 valence electrons. The number of aryl methyl sites for hydroxylation is 1. The summed E-state index contributed by atoms with van der Waals surface area (Å²) in [6, 6.07) is 10.4. The fourth-order valence-corrected chi connectivity index (χ4v) is 2.06. The maximum Gasteiger partial charge on any atom is 0.134 e. The average Bonchev–Trinajstić information content (AvgIpc) is 2.39. The van der Waals surface area contributed by atoms with Gasteiger partial charge >= 0.3 is 0 Å². The van der Waals surface area contributed by atoms with Gasteiger partial charge in [-0.3, -0.25) is 4.79 Å². The predicted octanol–water partition coefficient (Wildman–Crippen LogP) is 1.57. The van der Waals surface area contributed by atoms with Crippen LogP contribution in [0.3, 0.4) is 0 Å². The predicted molar refractivity (Wildman–Crippen MR) is 67.0 cm³/mol. The van der Waals surface area contributed by atoms with E-state index < -0.39 is 0 Å². The number of ketones is 1. The van der Waals surface area contributed by atoms with Crippen LogP contribution in [0.15, 0.2) is 30.3 Å². The van der Waals surface area contributed by atoms with Gasteiger partial charge in [0.2, 0.25) is 0 Å². The van der Waals surface area contributed by atoms with Crippen LogP contribution >= 0.6 is 0 Å². The second-order valence-corrected chi connectivity index (χ2v) is 4.45. The molecule has 0 spiro atoms. The van der Waals surface area contributed by atoms with Gasteiger partial charge in [0.15, 0.2) is 0 Å². The van der Waals surface area contributed by atoms with Crippen LogP contribution in [0.2, 0.25) is 0 Å². The van der Waals surface area contributed by atoms with Crippen molar-refractivity contribution in [1.82, 2.24) is 5.32 Å². The summed E-state index contributed by atoms with van der Waals surface area (Å²) in [7, 11) is 0. The Hall–Kier alpha value is -1.19. The Morgan fingerprint density at radius 2 is 2.18 bits per heavy atom. The topological polar surface area (TPSA) is 38.3 Å². The number of Topliss-reactive ketones (excluding diaryl/α,β-unsaturated/α-hetero) is 1. The van der Waals surface area contributed by atoms with E-state index in [9.17, 15) is 4.79 Å². The molecule has 1 atom stereocenters. The van der Waals surface area contributed by atoms with Crippen molar-refractivity contribution in [2.24, 2.45) is 0 Å². The molecule has 1 aliphatic rings. The van der Waals surface area contributed by atoms with Gasteiger partial charge in [-0.1, -0.05) is 30.3 Å². The molecule has 17 heavy (non-hydrogen) atoms. The summed E-state index contributed by atoms with van der Waals surface area (Å²) < 4.78 is 5.33. The lowest BCUT2D eigenvalue weighted by Crippen LogP contribution is -2.42. The average molecular weight is 233 g/mol. The van der Waals surface area contributed by atoms with Crippen LogP contribution in [0.1, 0.15) is 18.4 Å². The molecule has 3 nitrogen and oxygen atoms in total. The van der Waals surface area contributed by atoms with E-state index in [-0.39, 0.29) is 6.04 Å². The number of carbonyl (C=O) groups excluding carboxylic acids is 1. The highest BCUT2D eigenvalue weighted by Gasteiger charge is 2.16. The minimum Gasteiger partial charge on any atom is -0.379 e. The molecule has 0 aromatic heterocycles. The number of hydrogen-bond donors (Lipinski definition) is 1. The number of ether oxygens (including phenoxy) is 1. The number of nitrogens with one attached hydrogen (secondary N) is 1. The van der Waals surface area contributed by atoms with Gasteiger partial charge in [0.05, 0.1) is 13.2 Å². The highest BCUT2D eigenvalue weighted by atomic mass is 16.5. The van der Waals surface area contributed by atoms with Crippen molar-refractivity contribution in [3.05, 3.63) is 35.9 Å². The van der Waals surface area contributed by atoms with Crippen molar-refractivity contribution >= 4 is 5.78 Å². The van der Waals surface area contributed by atoms with E-state index in [1.54, 1.807) is 0 Å². The van der Waals surface area contributed by atoms with Gasteiger partial charge in [0.1, 0.15) is 5.78 Å². The second-order valence-electron chi connectivity index (χ2n) is 4.45. The van der Waals surface area contributed by atoms with Gasteiger partial charge in [0, 0.05) is 25.4 Å². The lowest BCUT2D eigenvalue weighted by atomic mass is 10.0. The van der Waals surface area contributed by atoms with Gasteiger partial charge in [-0.2, -0.15) is 0 Å². The number of carbonyl (C=O) groups is 1. The first-order chi connectivity index (χ1) is 8.34. The van der Waals surface area contributed by atoms with Crippen molar-refractivity contribution in [3.63, 3.8) is 0 Å². The van der Waals surface area contributed by atoms with E-state index in [2.05, 4.69) is 17.4 Å². The summed E-state index contributed by atoms with van der Waals surface area (Å²) in [5.74, 6) is 0.317. The molecule has 1 saturated heterocycles. The van der Waals surface area contributed by atoms with Crippen molar-refractivity contribution in [1.29, 1.82) is 0 Å². The fraction of sp³-hybridized carbons (Fsp3) is 0.500. The Kier molecular flexibility index (Phi) is 4.71. The van der Waals surface area contributed by atoms with Crippen LogP contribution in [0.25, 0.3) is 0 Å². The van der Waals surface area contributed by atoms with Crippen LogP contribution in [-0.2, 0) is 16.0 Å². The fourth-order valence-electron chi connectivity index (χ4n) is 2.06. The Morgan fingerprint density at radius 1 is 1.35 bits per heavy atom. The van der Waals surface area contributed by atoms with E-state index >= 15 is 0 Å². The SMILES string of the molecule is O=C(CCc1ccccc1)CC1COCCN1. The van der Waals surface area contributed by atoms with Crippen LogP contribution < -0.4 is 5.32 Å². The second kappa shape index (κ2) is 6.52. The summed E-state index contributed by atoms with van der Waals surface area (Å²) in [5, 5.41) is 3.30. The van der Waals surface area contributed by atoms with Gasteiger partial charge < -0.3 is 10.1 Å².